The molecule has 4 rings (SSSR count). The van der Waals surface area contributed by atoms with Gasteiger partial charge >= 0.3 is 0 Å². The molecule has 0 N–H and O–H groups in total. The van der Waals surface area contributed by atoms with Crippen molar-refractivity contribution >= 4 is 5.65 Å². The van der Waals surface area contributed by atoms with Crippen LogP contribution < -0.4 is 9.47 Å². The summed E-state index contributed by atoms with van der Waals surface area (Å²) in [6, 6.07) is 21.9. The zero-order valence-corrected chi connectivity index (χ0v) is 15.1. The van der Waals surface area contributed by atoms with Crippen LogP contribution in [-0.2, 0) is 0 Å². The van der Waals surface area contributed by atoms with E-state index < -0.39 is 0 Å². The van der Waals surface area contributed by atoms with Crippen molar-refractivity contribution in [3.63, 3.8) is 0 Å². The maximum atomic E-state index is 5.62. The van der Waals surface area contributed by atoms with Crippen molar-refractivity contribution in [2.24, 2.45) is 0 Å². The number of para-hydroxylation sites is 1. The van der Waals surface area contributed by atoms with Gasteiger partial charge in [0.1, 0.15) is 17.1 Å². The molecule has 0 fully saturated rings. The van der Waals surface area contributed by atoms with Crippen LogP contribution in [0.1, 0.15) is 11.3 Å². The Bertz CT molecular complexity index is 1150. The van der Waals surface area contributed by atoms with Crippen LogP contribution in [0.4, 0.5) is 0 Å². The molecule has 4 nitrogen and oxygen atoms in total. The Hall–Kier alpha value is -3.71. The summed E-state index contributed by atoms with van der Waals surface area (Å²) in [6.07, 6.45) is 1.76. The van der Waals surface area contributed by atoms with Gasteiger partial charge in [-0.1, -0.05) is 48.4 Å². The monoisotopic (exact) mass is 354 g/mol. The molecule has 4 aromatic rings. The maximum absolute atomic E-state index is 5.62. The normalized spacial score (nSPS) is 10.3. The first-order valence-electron chi connectivity index (χ1n) is 8.56. The van der Waals surface area contributed by atoms with Gasteiger partial charge in [0.05, 0.1) is 26.0 Å². The van der Waals surface area contributed by atoms with Crippen molar-refractivity contribution in [1.29, 1.82) is 0 Å². The SMILES string of the molecule is COc1ccccc1C#Cc1cnc2cc(-c3ccccc3)cc(OC)n12. The first-order valence-corrected chi connectivity index (χ1v) is 8.56. The molecule has 132 valence electrons. The summed E-state index contributed by atoms with van der Waals surface area (Å²) in [5.41, 5.74) is 4.54. The van der Waals surface area contributed by atoms with E-state index in [0.29, 0.717) is 5.88 Å². The highest BCUT2D eigenvalue weighted by molar-refractivity contribution is 5.70. The lowest BCUT2D eigenvalue weighted by molar-refractivity contribution is 0.392. The Kier molecular flexibility index (Phi) is 4.51. The lowest BCUT2D eigenvalue weighted by Crippen LogP contribution is -1.97. The summed E-state index contributed by atoms with van der Waals surface area (Å²) < 4.78 is 12.9. The fraction of sp³-hybridized carbons (Fsp3) is 0.0870. The Morgan fingerprint density at radius 2 is 1.59 bits per heavy atom. The fourth-order valence-corrected chi connectivity index (χ4v) is 2.99. The van der Waals surface area contributed by atoms with Crippen LogP contribution >= 0.6 is 0 Å². The zero-order valence-electron chi connectivity index (χ0n) is 15.1. The van der Waals surface area contributed by atoms with Gasteiger partial charge in [-0.25, -0.2) is 4.98 Å². The van der Waals surface area contributed by atoms with Crippen LogP contribution in [0.25, 0.3) is 16.8 Å². The number of aromatic nitrogens is 2. The van der Waals surface area contributed by atoms with E-state index in [9.17, 15) is 0 Å². The fourth-order valence-electron chi connectivity index (χ4n) is 2.99. The van der Waals surface area contributed by atoms with E-state index >= 15 is 0 Å². The number of pyridine rings is 1. The van der Waals surface area contributed by atoms with Gasteiger partial charge in [-0.05, 0) is 35.2 Å². The van der Waals surface area contributed by atoms with Gasteiger partial charge in [-0.3, -0.25) is 4.40 Å². The van der Waals surface area contributed by atoms with Crippen LogP contribution in [0, 0.1) is 11.8 Å². The number of methoxy groups -OCH3 is 2. The summed E-state index contributed by atoms with van der Waals surface area (Å²) >= 11 is 0. The highest BCUT2D eigenvalue weighted by Gasteiger charge is 2.10. The Morgan fingerprint density at radius 1 is 0.815 bits per heavy atom. The van der Waals surface area contributed by atoms with Crippen LogP contribution in [0.15, 0.2) is 72.9 Å². The molecule has 2 aromatic heterocycles. The van der Waals surface area contributed by atoms with Crippen molar-refractivity contribution in [1.82, 2.24) is 9.38 Å². The van der Waals surface area contributed by atoms with Crippen LogP contribution in [0.5, 0.6) is 11.6 Å². The molecule has 0 saturated heterocycles. The van der Waals surface area contributed by atoms with Crippen LogP contribution in [0.3, 0.4) is 0 Å². The maximum Gasteiger partial charge on any atom is 0.200 e. The third kappa shape index (κ3) is 3.23. The topological polar surface area (TPSA) is 35.8 Å². The number of hydrogen-bond acceptors (Lipinski definition) is 3. The second-order valence-corrected chi connectivity index (χ2v) is 5.94. The Labute approximate surface area is 158 Å². The average Bonchev–Trinajstić information content (AvgIpc) is 3.15. The molecule has 0 atom stereocenters. The summed E-state index contributed by atoms with van der Waals surface area (Å²) in [7, 11) is 3.30. The largest absolute Gasteiger partial charge is 0.495 e. The van der Waals surface area contributed by atoms with Crippen molar-refractivity contribution in [3.05, 3.63) is 84.2 Å². The van der Waals surface area contributed by atoms with Gasteiger partial charge in [0, 0.05) is 6.07 Å². The van der Waals surface area contributed by atoms with E-state index in [0.717, 1.165) is 33.8 Å². The van der Waals surface area contributed by atoms with Gasteiger partial charge in [0.15, 0.2) is 0 Å². The Balaban J connectivity index is 1.81. The van der Waals surface area contributed by atoms with Gasteiger partial charge in [-0.15, -0.1) is 0 Å². The minimum Gasteiger partial charge on any atom is -0.495 e. The molecule has 0 amide bonds. The number of hydrogen-bond donors (Lipinski definition) is 0. The molecule has 0 bridgehead atoms. The highest BCUT2D eigenvalue weighted by Crippen LogP contribution is 2.27. The summed E-state index contributed by atoms with van der Waals surface area (Å²) in [4.78, 5) is 4.52. The number of benzene rings is 2. The number of fused-ring (bicyclic) bond motifs is 1. The molecule has 0 spiro atoms. The van der Waals surface area contributed by atoms with Crippen molar-refractivity contribution in [3.8, 4) is 34.6 Å². The van der Waals surface area contributed by atoms with Crippen molar-refractivity contribution in [2.45, 2.75) is 0 Å². The zero-order chi connectivity index (χ0) is 18.6. The molecule has 2 aromatic carbocycles. The standard InChI is InChI=1S/C23H18N2O2/c1-26-21-11-7-6-10-18(21)12-13-20-16-24-22-14-19(15-23(27-2)25(20)22)17-8-4-3-5-9-17/h3-11,14-16H,1-2H3. The first-order chi connectivity index (χ1) is 13.3. The predicted molar refractivity (Wildman–Crippen MR) is 106 cm³/mol. The number of imidazole rings is 1. The third-order valence-corrected chi connectivity index (χ3v) is 4.32. The molecule has 0 saturated carbocycles. The molecule has 0 aliphatic rings. The smallest absolute Gasteiger partial charge is 0.200 e. The first kappa shape index (κ1) is 16.7. The molecular formula is C23H18N2O2. The lowest BCUT2D eigenvalue weighted by atomic mass is 10.1. The number of nitrogens with zero attached hydrogens (tertiary/aromatic N) is 2. The van der Waals surface area contributed by atoms with E-state index in [1.54, 1.807) is 20.4 Å². The molecule has 0 aliphatic carbocycles. The molecular weight excluding hydrogens is 336 g/mol. The molecule has 4 heteroatoms. The van der Waals surface area contributed by atoms with Crippen molar-refractivity contribution in [2.75, 3.05) is 14.2 Å². The molecule has 0 aliphatic heterocycles. The van der Waals surface area contributed by atoms with Gasteiger partial charge in [-0.2, -0.15) is 0 Å². The van der Waals surface area contributed by atoms with Gasteiger partial charge in [0.25, 0.3) is 0 Å². The van der Waals surface area contributed by atoms with E-state index in [2.05, 4.69) is 29.0 Å². The molecule has 0 radical (unpaired) electrons. The van der Waals surface area contributed by atoms with Crippen LogP contribution in [0.2, 0.25) is 0 Å². The average molecular weight is 354 g/mol. The summed E-state index contributed by atoms with van der Waals surface area (Å²) in [5, 5.41) is 0. The van der Waals surface area contributed by atoms with Crippen LogP contribution in [-0.4, -0.2) is 23.6 Å². The quantitative estimate of drug-likeness (QED) is 0.511. The van der Waals surface area contributed by atoms with E-state index in [1.807, 2.05) is 59.0 Å². The minimum absolute atomic E-state index is 0.688. The highest BCUT2D eigenvalue weighted by atomic mass is 16.5. The second-order valence-electron chi connectivity index (χ2n) is 5.94. The van der Waals surface area contributed by atoms with Gasteiger partial charge in [0.2, 0.25) is 5.88 Å². The molecule has 2 heterocycles. The number of rotatable bonds is 3. The Morgan fingerprint density at radius 3 is 2.37 bits per heavy atom. The minimum atomic E-state index is 0.688. The summed E-state index contributed by atoms with van der Waals surface area (Å²) in [5.74, 6) is 7.78. The summed E-state index contributed by atoms with van der Waals surface area (Å²) in [6.45, 7) is 0. The van der Waals surface area contributed by atoms with Gasteiger partial charge < -0.3 is 9.47 Å². The third-order valence-electron chi connectivity index (χ3n) is 4.32. The molecule has 0 unspecified atom stereocenters. The predicted octanol–water partition coefficient (Wildman–Crippen LogP) is 4.42. The van der Waals surface area contributed by atoms with Crippen molar-refractivity contribution < 1.29 is 9.47 Å². The second kappa shape index (κ2) is 7.27. The van der Waals surface area contributed by atoms with E-state index in [-0.39, 0.29) is 0 Å². The lowest BCUT2D eigenvalue weighted by Gasteiger charge is -2.09. The van der Waals surface area contributed by atoms with E-state index in [4.69, 9.17) is 9.47 Å². The van der Waals surface area contributed by atoms with E-state index in [1.165, 1.54) is 0 Å². The molecule has 27 heavy (non-hydrogen) atoms. The number of ether oxygens (including phenoxy) is 2.